The molecule has 5 amide bonds. The molecule has 0 spiro atoms. The second kappa shape index (κ2) is 18.1. The zero-order chi connectivity index (χ0) is 40.5. The molecule has 6 aromatic rings. The molecule has 0 saturated heterocycles. The standard InChI is InChI=1S/C43H46N8O6/c1-25(48-42(56)37(21-28-23-46-34-13-7-5-11-31(28)34)51-41(55)33(44)19-27-15-17-30(52)18-16-27)40(54)50-38(22-29-24-47-35-14-8-6-12-32(29)35)43(57)49-36(39(45)53)20-26-9-3-2-4-10-26/h2-18,23-25,33,36-38,46-47,52H,19-22,44H2,1H3,(H2,45,53)(H,48,56)(H,49,57)(H,50,54)(H,51,55)/t25-,33-,36-,37-,38-/m0/s1. The lowest BCUT2D eigenvalue weighted by Gasteiger charge is -2.25. The third-order valence-corrected chi connectivity index (χ3v) is 9.89. The van der Waals surface area contributed by atoms with E-state index in [4.69, 9.17) is 11.5 Å². The molecule has 294 valence electrons. The molecule has 57 heavy (non-hydrogen) atoms. The van der Waals surface area contributed by atoms with Crippen molar-refractivity contribution in [3.05, 3.63) is 138 Å². The fraction of sp³-hybridized carbons (Fsp3) is 0.233. The van der Waals surface area contributed by atoms with Crippen molar-refractivity contribution >= 4 is 51.3 Å². The number of phenols is 1. The Morgan fingerprint density at radius 2 is 1.04 bits per heavy atom. The van der Waals surface area contributed by atoms with Crippen molar-refractivity contribution < 1.29 is 29.1 Å². The summed E-state index contributed by atoms with van der Waals surface area (Å²) >= 11 is 0. The number of aromatic nitrogens is 2. The van der Waals surface area contributed by atoms with Crippen molar-refractivity contribution in [1.29, 1.82) is 0 Å². The first-order valence-electron chi connectivity index (χ1n) is 18.6. The highest BCUT2D eigenvalue weighted by Crippen LogP contribution is 2.21. The first-order chi connectivity index (χ1) is 27.4. The number of aromatic hydroxyl groups is 1. The number of hydrogen-bond donors (Lipinski definition) is 9. The molecule has 0 aliphatic heterocycles. The van der Waals surface area contributed by atoms with E-state index in [1.165, 1.54) is 19.1 Å². The average Bonchev–Trinajstić information content (AvgIpc) is 3.82. The van der Waals surface area contributed by atoms with Gasteiger partial charge in [0.05, 0.1) is 6.04 Å². The van der Waals surface area contributed by atoms with Gasteiger partial charge >= 0.3 is 0 Å². The molecule has 11 N–H and O–H groups in total. The van der Waals surface area contributed by atoms with E-state index in [0.29, 0.717) is 5.56 Å². The van der Waals surface area contributed by atoms with Crippen LogP contribution in [0, 0.1) is 0 Å². The summed E-state index contributed by atoms with van der Waals surface area (Å²) in [5.41, 5.74) is 16.7. The SMILES string of the molecule is C[C@H](NC(=O)[C@H](Cc1c[nH]c2ccccc12)NC(=O)[C@@H](N)Cc1ccc(O)cc1)C(=O)N[C@@H](Cc1c[nH]c2ccccc12)C(=O)N[C@@H](Cc1ccccc1)C(N)=O. The van der Waals surface area contributed by atoms with Gasteiger partial charge in [0.15, 0.2) is 0 Å². The van der Waals surface area contributed by atoms with Gasteiger partial charge in [-0.1, -0.05) is 78.9 Å². The smallest absolute Gasteiger partial charge is 0.243 e. The number of nitrogens with one attached hydrogen (secondary N) is 6. The normalized spacial score (nSPS) is 13.9. The fourth-order valence-electron chi connectivity index (χ4n) is 6.74. The largest absolute Gasteiger partial charge is 0.508 e. The molecular formula is C43H46N8O6. The Labute approximate surface area is 328 Å². The van der Waals surface area contributed by atoms with E-state index in [-0.39, 0.29) is 31.4 Å². The number of phenolic OH excluding ortho intramolecular Hbond substituents is 1. The highest BCUT2D eigenvalue weighted by molar-refractivity contribution is 5.96. The monoisotopic (exact) mass is 770 g/mol. The molecule has 0 bridgehead atoms. The minimum atomic E-state index is -1.17. The number of rotatable bonds is 17. The Bertz CT molecular complexity index is 2360. The maximum Gasteiger partial charge on any atom is 0.243 e. The number of hydrogen-bond acceptors (Lipinski definition) is 7. The molecule has 0 unspecified atom stereocenters. The molecule has 14 nitrogen and oxygen atoms in total. The van der Waals surface area contributed by atoms with Crippen LogP contribution in [0.4, 0.5) is 0 Å². The van der Waals surface area contributed by atoms with Crippen molar-refractivity contribution in [3.8, 4) is 5.75 Å². The van der Waals surface area contributed by atoms with Crippen LogP contribution in [0.15, 0.2) is 116 Å². The molecule has 6 rings (SSSR count). The van der Waals surface area contributed by atoms with Gasteiger partial charge in [0, 0.05) is 53.5 Å². The van der Waals surface area contributed by atoms with Crippen LogP contribution in [0.3, 0.4) is 0 Å². The van der Waals surface area contributed by atoms with E-state index in [9.17, 15) is 29.1 Å². The summed E-state index contributed by atoms with van der Waals surface area (Å²) in [4.78, 5) is 74.0. The lowest BCUT2D eigenvalue weighted by atomic mass is 10.0. The molecule has 0 fully saturated rings. The molecular weight excluding hydrogens is 725 g/mol. The maximum absolute atomic E-state index is 14.0. The lowest BCUT2D eigenvalue weighted by molar-refractivity contribution is -0.134. The Balaban J connectivity index is 1.19. The number of para-hydroxylation sites is 2. The number of amides is 5. The third kappa shape index (κ3) is 10.2. The molecule has 0 saturated carbocycles. The van der Waals surface area contributed by atoms with E-state index in [0.717, 1.165) is 38.5 Å². The van der Waals surface area contributed by atoms with Gasteiger partial charge in [-0.25, -0.2) is 0 Å². The molecule has 2 aromatic heterocycles. The second-order valence-corrected chi connectivity index (χ2v) is 14.1. The van der Waals surface area contributed by atoms with Crippen LogP contribution in [-0.4, -0.2) is 74.8 Å². The van der Waals surface area contributed by atoms with Crippen molar-refractivity contribution in [3.63, 3.8) is 0 Å². The first kappa shape index (κ1) is 39.8. The summed E-state index contributed by atoms with van der Waals surface area (Å²) < 4.78 is 0. The van der Waals surface area contributed by atoms with Crippen LogP contribution in [-0.2, 0) is 49.7 Å². The van der Waals surface area contributed by atoms with Crippen LogP contribution in [0.5, 0.6) is 5.75 Å². The number of benzene rings is 4. The van der Waals surface area contributed by atoms with Crippen LogP contribution in [0.25, 0.3) is 21.8 Å². The summed E-state index contributed by atoms with van der Waals surface area (Å²) in [6.07, 6.45) is 3.93. The molecule has 0 aliphatic rings. The van der Waals surface area contributed by atoms with Gasteiger partial charge in [-0.3, -0.25) is 24.0 Å². The summed E-state index contributed by atoms with van der Waals surface area (Å²) in [5.74, 6) is -3.22. The van der Waals surface area contributed by atoms with Gasteiger partial charge in [0.1, 0.15) is 29.9 Å². The molecule has 4 aromatic carbocycles. The van der Waals surface area contributed by atoms with E-state index < -0.39 is 59.7 Å². The lowest BCUT2D eigenvalue weighted by Crippen LogP contribution is -2.59. The Hall–Kier alpha value is -6.93. The molecule has 2 heterocycles. The minimum absolute atomic E-state index is 0.0528. The average molecular weight is 771 g/mol. The molecule has 0 aliphatic carbocycles. The van der Waals surface area contributed by atoms with Crippen LogP contribution < -0.4 is 32.7 Å². The highest BCUT2D eigenvalue weighted by atomic mass is 16.3. The van der Waals surface area contributed by atoms with Crippen molar-refractivity contribution in [2.75, 3.05) is 0 Å². The molecule has 14 heteroatoms. The Kier molecular flexibility index (Phi) is 12.6. The summed E-state index contributed by atoms with van der Waals surface area (Å²) in [6, 6.07) is 24.9. The predicted octanol–water partition coefficient (Wildman–Crippen LogP) is 2.40. The fourth-order valence-corrected chi connectivity index (χ4v) is 6.74. The van der Waals surface area contributed by atoms with Gasteiger partial charge in [-0.2, -0.15) is 0 Å². The summed E-state index contributed by atoms with van der Waals surface area (Å²) in [7, 11) is 0. The number of fused-ring (bicyclic) bond motifs is 2. The zero-order valence-corrected chi connectivity index (χ0v) is 31.3. The van der Waals surface area contributed by atoms with Crippen LogP contribution in [0.2, 0.25) is 0 Å². The Morgan fingerprint density at radius 1 is 0.561 bits per heavy atom. The van der Waals surface area contributed by atoms with E-state index >= 15 is 0 Å². The number of aromatic amines is 2. The quantitative estimate of drug-likeness (QED) is 0.0671. The molecule has 0 radical (unpaired) electrons. The Morgan fingerprint density at radius 3 is 1.60 bits per heavy atom. The first-order valence-corrected chi connectivity index (χ1v) is 18.6. The van der Waals surface area contributed by atoms with Gasteiger partial charge in [-0.05, 0) is 59.9 Å². The van der Waals surface area contributed by atoms with E-state index in [2.05, 4.69) is 31.2 Å². The van der Waals surface area contributed by atoms with Crippen LogP contribution in [0.1, 0.15) is 29.2 Å². The van der Waals surface area contributed by atoms with Crippen molar-refractivity contribution in [2.45, 2.75) is 62.8 Å². The zero-order valence-electron chi connectivity index (χ0n) is 31.3. The number of carbonyl (C=O) groups excluding carboxylic acids is 5. The minimum Gasteiger partial charge on any atom is -0.508 e. The third-order valence-electron chi connectivity index (χ3n) is 9.89. The van der Waals surface area contributed by atoms with Gasteiger partial charge in [0.2, 0.25) is 29.5 Å². The highest BCUT2D eigenvalue weighted by Gasteiger charge is 2.31. The second-order valence-electron chi connectivity index (χ2n) is 14.1. The van der Waals surface area contributed by atoms with Crippen molar-refractivity contribution in [2.24, 2.45) is 11.5 Å². The van der Waals surface area contributed by atoms with E-state index in [1.54, 1.807) is 24.5 Å². The van der Waals surface area contributed by atoms with Crippen molar-refractivity contribution in [1.82, 2.24) is 31.2 Å². The summed E-state index contributed by atoms with van der Waals surface area (Å²) in [6.45, 7) is 1.47. The number of carbonyl (C=O) groups is 5. The van der Waals surface area contributed by atoms with E-state index in [1.807, 2.05) is 78.9 Å². The topological polar surface area (TPSA) is 237 Å². The number of primary amides is 1. The van der Waals surface area contributed by atoms with Gasteiger partial charge in [-0.15, -0.1) is 0 Å². The maximum atomic E-state index is 14.0. The number of H-pyrrole nitrogens is 2. The van der Waals surface area contributed by atoms with Gasteiger partial charge in [0.25, 0.3) is 0 Å². The predicted molar refractivity (Wildman–Crippen MR) is 217 cm³/mol. The van der Waals surface area contributed by atoms with Crippen LogP contribution >= 0.6 is 0 Å². The molecule has 5 atom stereocenters. The van der Waals surface area contributed by atoms with Gasteiger partial charge < -0.3 is 47.8 Å². The summed E-state index contributed by atoms with van der Waals surface area (Å²) in [5, 5.41) is 22.3. The number of nitrogens with two attached hydrogens (primary N) is 2.